The minimum absolute atomic E-state index is 0.0766. The normalized spacial score (nSPS) is 17.2. The van der Waals surface area contributed by atoms with Crippen molar-refractivity contribution in [3.8, 4) is 0 Å². The van der Waals surface area contributed by atoms with Crippen LogP contribution < -0.4 is 10.6 Å². The van der Waals surface area contributed by atoms with Crippen LogP contribution in [0.5, 0.6) is 0 Å². The number of carbonyl (C=O) groups is 1. The molecule has 2 rings (SSSR count). The number of halogens is 2. The Morgan fingerprint density at radius 1 is 1.42 bits per heavy atom. The summed E-state index contributed by atoms with van der Waals surface area (Å²) in [5.74, 6) is -0.456. The number of anilines is 1. The molecule has 1 unspecified atom stereocenters. The predicted octanol–water partition coefficient (Wildman–Crippen LogP) is 3.34. The van der Waals surface area contributed by atoms with Crippen LogP contribution in [0.15, 0.2) is 18.2 Å². The molecule has 1 atom stereocenters. The molecule has 19 heavy (non-hydrogen) atoms. The molecule has 2 N–H and O–H groups in total. The monoisotopic (exact) mass is 284 g/mol. The number of hydrogen-bond donors (Lipinski definition) is 2. The zero-order valence-corrected chi connectivity index (χ0v) is 11.6. The van der Waals surface area contributed by atoms with Crippen molar-refractivity contribution in [2.45, 2.75) is 44.7 Å². The Kier molecular flexibility index (Phi) is 4.64. The van der Waals surface area contributed by atoms with E-state index in [0.717, 1.165) is 12.8 Å². The van der Waals surface area contributed by atoms with E-state index < -0.39 is 6.04 Å². The highest BCUT2D eigenvalue weighted by Crippen LogP contribution is 2.23. The number of rotatable bonds is 4. The van der Waals surface area contributed by atoms with Gasteiger partial charge in [0.1, 0.15) is 11.9 Å². The summed E-state index contributed by atoms with van der Waals surface area (Å²) < 4.78 is 13.1. The molecule has 1 aliphatic carbocycles. The van der Waals surface area contributed by atoms with Crippen molar-refractivity contribution in [3.05, 3.63) is 29.0 Å². The fraction of sp³-hybridized carbons (Fsp3) is 0.500. The third-order valence-corrected chi connectivity index (χ3v) is 3.72. The average Bonchev–Trinajstić information content (AvgIpc) is 2.86. The van der Waals surface area contributed by atoms with Crippen LogP contribution >= 0.6 is 11.6 Å². The van der Waals surface area contributed by atoms with Gasteiger partial charge in [0.15, 0.2) is 0 Å². The second-order valence-electron chi connectivity index (χ2n) is 4.98. The van der Waals surface area contributed by atoms with E-state index in [4.69, 9.17) is 11.6 Å². The van der Waals surface area contributed by atoms with E-state index in [2.05, 4.69) is 10.6 Å². The fourth-order valence-corrected chi connectivity index (χ4v) is 2.48. The average molecular weight is 285 g/mol. The zero-order chi connectivity index (χ0) is 13.8. The van der Waals surface area contributed by atoms with Crippen LogP contribution in [0, 0.1) is 5.82 Å². The van der Waals surface area contributed by atoms with Crippen molar-refractivity contribution in [2.75, 3.05) is 5.32 Å². The van der Waals surface area contributed by atoms with E-state index in [9.17, 15) is 9.18 Å². The van der Waals surface area contributed by atoms with Gasteiger partial charge in [-0.2, -0.15) is 0 Å². The molecule has 104 valence electrons. The highest BCUT2D eigenvalue weighted by molar-refractivity contribution is 6.33. The first-order chi connectivity index (χ1) is 9.06. The smallest absolute Gasteiger partial charge is 0.242 e. The summed E-state index contributed by atoms with van der Waals surface area (Å²) >= 11 is 5.95. The molecule has 0 aliphatic heterocycles. The van der Waals surface area contributed by atoms with Gasteiger partial charge in [-0.05, 0) is 38.0 Å². The molecule has 1 aromatic carbocycles. The first-order valence-corrected chi connectivity index (χ1v) is 6.96. The van der Waals surface area contributed by atoms with E-state index >= 15 is 0 Å². The van der Waals surface area contributed by atoms with E-state index in [-0.39, 0.29) is 17.8 Å². The molecule has 1 amide bonds. The molecule has 0 saturated heterocycles. The molecule has 3 nitrogen and oxygen atoms in total. The first-order valence-electron chi connectivity index (χ1n) is 6.58. The Balaban J connectivity index is 1.93. The zero-order valence-electron chi connectivity index (χ0n) is 10.9. The van der Waals surface area contributed by atoms with Crippen LogP contribution in [-0.4, -0.2) is 18.0 Å². The number of hydrogen-bond acceptors (Lipinski definition) is 2. The van der Waals surface area contributed by atoms with Crippen molar-refractivity contribution in [2.24, 2.45) is 0 Å². The predicted molar refractivity (Wildman–Crippen MR) is 74.9 cm³/mol. The molecule has 1 aromatic rings. The second kappa shape index (κ2) is 6.24. The summed E-state index contributed by atoms with van der Waals surface area (Å²) in [5, 5.41) is 6.34. The van der Waals surface area contributed by atoms with Crippen LogP contribution in [0.2, 0.25) is 5.02 Å². The molecule has 1 aliphatic rings. The van der Waals surface area contributed by atoms with Crippen LogP contribution in [0.25, 0.3) is 0 Å². The maximum Gasteiger partial charge on any atom is 0.242 e. The van der Waals surface area contributed by atoms with Gasteiger partial charge >= 0.3 is 0 Å². The highest BCUT2D eigenvalue weighted by atomic mass is 35.5. The highest BCUT2D eigenvalue weighted by Gasteiger charge is 2.20. The standard InChI is InChI=1S/C14H18ClFN2O/c1-9(14(19)18-11-4-2-3-5-11)17-13-8-10(16)6-7-12(13)15/h6-9,11,17H,2-5H2,1H3,(H,18,19). The van der Waals surface area contributed by atoms with Gasteiger partial charge in [-0.3, -0.25) is 4.79 Å². The lowest BCUT2D eigenvalue weighted by Gasteiger charge is -2.19. The third kappa shape index (κ3) is 3.83. The number of carbonyl (C=O) groups excluding carboxylic acids is 1. The minimum atomic E-state index is -0.445. The third-order valence-electron chi connectivity index (χ3n) is 3.40. The van der Waals surface area contributed by atoms with Gasteiger partial charge in [0.2, 0.25) is 5.91 Å². The van der Waals surface area contributed by atoms with Crippen LogP contribution in [0.4, 0.5) is 10.1 Å². The number of nitrogens with one attached hydrogen (secondary N) is 2. The molecule has 1 saturated carbocycles. The van der Waals surface area contributed by atoms with Gasteiger partial charge in [-0.15, -0.1) is 0 Å². The van der Waals surface area contributed by atoms with Gasteiger partial charge in [0.05, 0.1) is 10.7 Å². The van der Waals surface area contributed by atoms with Crippen LogP contribution in [0.3, 0.4) is 0 Å². The largest absolute Gasteiger partial charge is 0.373 e. The maximum atomic E-state index is 13.1. The minimum Gasteiger partial charge on any atom is -0.373 e. The summed E-state index contributed by atoms with van der Waals surface area (Å²) in [6.45, 7) is 1.74. The molecule has 0 bridgehead atoms. The Bertz CT molecular complexity index is 461. The van der Waals surface area contributed by atoms with Crippen molar-refractivity contribution < 1.29 is 9.18 Å². The summed E-state index contributed by atoms with van der Waals surface area (Å²) in [6.07, 6.45) is 4.42. The van der Waals surface area contributed by atoms with Crippen LogP contribution in [-0.2, 0) is 4.79 Å². The quantitative estimate of drug-likeness (QED) is 0.890. The molecule has 0 heterocycles. The summed E-state index contributed by atoms with van der Waals surface area (Å²) in [5.41, 5.74) is 0.440. The van der Waals surface area contributed by atoms with Crippen molar-refractivity contribution in [1.29, 1.82) is 0 Å². The topological polar surface area (TPSA) is 41.1 Å². The molecule has 1 fully saturated rings. The molecular formula is C14H18ClFN2O. The molecular weight excluding hydrogens is 267 g/mol. The van der Waals surface area contributed by atoms with Gasteiger partial charge in [-0.1, -0.05) is 24.4 Å². The molecule has 5 heteroatoms. The van der Waals surface area contributed by atoms with Crippen molar-refractivity contribution in [3.63, 3.8) is 0 Å². The second-order valence-corrected chi connectivity index (χ2v) is 5.39. The molecule has 0 radical (unpaired) electrons. The Morgan fingerprint density at radius 3 is 2.79 bits per heavy atom. The first kappa shape index (κ1) is 14.1. The Labute approximate surface area is 117 Å². The van der Waals surface area contributed by atoms with E-state index in [0.29, 0.717) is 10.7 Å². The number of amides is 1. The van der Waals surface area contributed by atoms with Crippen LogP contribution in [0.1, 0.15) is 32.6 Å². The summed E-state index contributed by atoms with van der Waals surface area (Å²) in [6, 6.07) is 3.89. The SMILES string of the molecule is CC(Nc1cc(F)ccc1Cl)C(=O)NC1CCCC1. The lowest BCUT2D eigenvalue weighted by atomic mass is 10.2. The Morgan fingerprint density at radius 2 is 2.11 bits per heavy atom. The lowest BCUT2D eigenvalue weighted by molar-refractivity contribution is -0.122. The van der Waals surface area contributed by atoms with Gasteiger partial charge in [0, 0.05) is 6.04 Å². The van der Waals surface area contributed by atoms with Gasteiger partial charge in [-0.25, -0.2) is 4.39 Å². The van der Waals surface area contributed by atoms with Gasteiger partial charge in [0.25, 0.3) is 0 Å². The fourth-order valence-electron chi connectivity index (χ4n) is 2.30. The molecule has 0 spiro atoms. The van der Waals surface area contributed by atoms with E-state index in [1.807, 2.05) is 0 Å². The van der Waals surface area contributed by atoms with Crippen molar-refractivity contribution >= 4 is 23.2 Å². The summed E-state index contributed by atoms with van der Waals surface area (Å²) in [4.78, 5) is 12.0. The van der Waals surface area contributed by atoms with Gasteiger partial charge < -0.3 is 10.6 Å². The van der Waals surface area contributed by atoms with E-state index in [1.165, 1.54) is 31.0 Å². The molecule has 0 aromatic heterocycles. The maximum absolute atomic E-state index is 13.1. The Hall–Kier alpha value is -1.29. The number of benzene rings is 1. The lowest BCUT2D eigenvalue weighted by Crippen LogP contribution is -2.42. The van der Waals surface area contributed by atoms with Crippen molar-refractivity contribution in [1.82, 2.24) is 5.32 Å². The van der Waals surface area contributed by atoms with E-state index in [1.54, 1.807) is 6.92 Å². The summed E-state index contributed by atoms with van der Waals surface area (Å²) in [7, 11) is 0.